The van der Waals surface area contributed by atoms with E-state index in [0.29, 0.717) is 18.4 Å². The van der Waals surface area contributed by atoms with E-state index in [-0.39, 0.29) is 0 Å². The van der Waals surface area contributed by atoms with Gasteiger partial charge in [-0.25, -0.2) is 4.79 Å². The number of aliphatic carboxylic acids is 1. The van der Waals surface area contributed by atoms with E-state index in [4.69, 9.17) is 5.11 Å². The molecule has 1 atom stereocenters. The number of hydrogen-bond donors (Lipinski definition) is 2. The molecule has 0 aromatic carbocycles. The average molecular weight is 248 g/mol. The van der Waals surface area contributed by atoms with E-state index in [1.165, 1.54) is 6.20 Å². The molecule has 1 amide bonds. The van der Waals surface area contributed by atoms with E-state index >= 15 is 0 Å². The number of unbranched alkanes of at least 4 members (excludes halogenated alkanes) is 1. The van der Waals surface area contributed by atoms with Gasteiger partial charge >= 0.3 is 5.97 Å². The maximum absolute atomic E-state index is 11.8. The van der Waals surface area contributed by atoms with Gasteiger partial charge in [0.2, 0.25) is 0 Å². The Morgan fingerprint density at radius 2 is 2.33 bits per heavy atom. The first-order valence-corrected chi connectivity index (χ1v) is 5.69. The second-order valence-corrected chi connectivity index (χ2v) is 3.83. The van der Waals surface area contributed by atoms with E-state index in [9.17, 15) is 9.59 Å². The van der Waals surface area contributed by atoms with Gasteiger partial charge in [-0.05, 0) is 31.4 Å². The van der Waals surface area contributed by atoms with Crippen molar-refractivity contribution in [3.05, 3.63) is 42.7 Å². The fraction of sp³-hybridized carbons (Fsp3) is 0.308. The van der Waals surface area contributed by atoms with E-state index in [1.54, 1.807) is 24.4 Å². The molecule has 0 bridgehead atoms. The fourth-order valence-electron chi connectivity index (χ4n) is 1.46. The van der Waals surface area contributed by atoms with E-state index in [0.717, 1.165) is 6.42 Å². The molecule has 2 N–H and O–H groups in total. The van der Waals surface area contributed by atoms with Crippen LogP contribution in [0, 0.1) is 0 Å². The van der Waals surface area contributed by atoms with Gasteiger partial charge in [0.1, 0.15) is 6.04 Å². The zero-order chi connectivity index (χ0) is 13.4. The normalized spacial score (nSPS) is 11.6. The molecule has 96 valence electrons. The van der Waals surface area contributed by atoms with Gasteiger partial charge in [0.05, 0.1) is 5.56 Å². The van der Waals surface area contributed by atoms with Crippen LogP contribution in [0.3, 0.4) is 0 Å². The second kappa shape index (κ2) is 7.21. The zero-order valence-corrected chi connectivity index (χ0v) is 10.0. The van der Waals surface area contributed by atoms with Gasteiger partial charge in [0, 0.05) is 12.4 Å². The summed E-state index contributed by atoms with van der Waals surface area (Å²) in [5.74, 6) is -1.45. The third-order valence-corrected chi connectivity index (χ3v) is 2.43. The highest BCUT2D eigenvalue weighted by molar-refractivity contribution is 5.96. The van der Waals surface area contributed by atoms with Crippen molar-refractivity contribution in [2.24, 2.45) is 0 Å². The molecule has 0 aliphatic carbocycles. The lowest BCUT2D eigenvalue weighted by Gasteiger charge is -2.13. The Kier molecular flexibility index (Phi) is 5.57. The van der Waals surface area contributed by atoms with Gasteiger partial charge in [-0.2, -0.15) is 0 Å². The van der Waals surface area contributed by atoms with Gasteiger partial charge in [0.15, 0.2) is 0 Å². The first-order valence-electron chi connectivity index (χ1n) is 5.69. The smallest absolute Gasteiger partial charge is 0.326 e. The van der Waals surface area contributed by atoms with Crippen molar-refractivity contribution in [1.82, 2.24) is 10.3 Å². The molecule has 0 aliphatic rings. The molecular formula is C13H16N2O3. The number of carboxylic acids is 1. The van der Waals surface area contributed by atoms with Crippen molar-refractivity contribution < 1.29 is 14.7 Å². The Labute approximate surface area is 106 Å². The molecule has 18 heavy (non-hydrogen) atoms. The fourth-order valence-corrected chi connectivity index (χ4v) is 1.46. The summed E-state index contributed by atoms with van der Waals surface area (Å²) in [6.07, 6.45) is 6.46. The molecular weight excluding hydrogens is 232 g/mol. The molecule has 5 heteroatoms. The number of carboxylic acid groups (broad SMARTS) is 1. The number of rotatable bonds is 7. The average Bonchev–Trinajstić information content (AvgIpc) is 2.38. The Hall–Kier alpha value is -2.17. The Balaban J connectivity index is 2.58. The molecule has 0 spiro atoms. The highest BCUT2D eigenvalue weighted by Crippen LogP contribution is 2.04. The maximum Gasteiger partial charge on any atom is 0.326 e. The number of nitrogens with one attached hydrogen (secondary N) is 1. The van der Waals surface area contributed by atoms with Gasteiger partial charge in [-0.15, -0.1) is 6.58 Å². The van der Waals surface area contributed by atoms with Crippen LogP contribution in [-0.4, -0.2) is 28.0 Å². The molecule has 0 radical (unpaired) electrons. The molecule has 1 rings (SSSR count). The Bertz CT molecular complexity index is 418. The number of pyridine rings is 1. The molecule has 0 saturated heterocycles. The van der Waals surface area contributed by atoms with Gasteiger partial charge < -0.3 is 10.4 Å². The van der Waals surface area contributed by atoms with E-state index in [1.807, 2.05) is 0 Å². The molecule has 0 aliphatic heterocycles. The third kappa shape index (κ3) is 4.37. The summed E-state index contributed by atoms with van der Waals surface area (Å²) in [7, 11) is 0. The first kappa shape index (κ1) is 13.9. The highest BCUT2D eigenvalue weighted by atomic mass is 16.4. The van der Waals surface area contributed by atoms with Crippen molar-refractivity contribution in [3.8, 4) is 0 Å². The van der Waals surface area contributed by atoms with Crippen LogP contribution in [0.4, 0.5) is 0 Å². The van der Waals surface area contributed by atoms with Gasteiger partial charge in [-0.3, -0.25) is 9.78 Å². The van der Waals surface area contributed by atoms with Crippen LogP contribution in [-0.2, 0) is 4.79 Å². The van der Waals surface area contributed by atoms with Crippen LogP contribution >= 0.6 is 0 Å². The number of amides is 1. The van der Waals surface area contributed by atoms with E-state index < -0.39 is 17.9 Å². The van der Waals surface area contributed by atoms with Crippen LogP contribution in [0.15, 0.2) is 37.2 Å². The molecule has 1 heterocycles. The number of allylic oxidation sites excluding steroid dienone is 1. The van der Waals surface area contributed by atoms with Crippen LogP contribution in [0.5, 0.6) is 0 Å². The highest BCUT2D eigenvalue weighted by Gasteiger charge is 2.19. The third-order valence-electron chi connectivity index (χ3n) is 2.43. The SMILES string of the molecule is C=CCCC[C@@H](NC(=O)c1cccnc1)C(=O)O. The summed E-state index contributed by atoms with van der Waals surface area (Å²) in [5, 5.41) is 11.5. The van der Waals surface area contributed by atoms with Crippen LogP contribution in [0.1, 0.15) is 29.6 Å². The van der Waals surface area contributed by atoms with Crippen molar-refractivity contribution in [3.63, 3.8) is 0 Å². The van der Waals surface area contributed by atoms with Crippen molar-refractivity contribution in [2.75, 3.05) is 0 Å². The lowest BCUT2D eigenvalue weighted by atomic mass is 10.1. The lowest BCUT2D eigenvalue weighted by Crippen LogP contribution is -2.40. The largest absolute Gasteiger partial charge is 0.480 e. The van der Waals surface area contributed by atoms with Gasteiger partial charge in [0.25, 0.3) is 5.91 Å². The second-order valence-electron chi connectivity index (χ2n) is 3.83. The number of nitrogens with zero attached hydrogens (tertiary/aromatic N) is 1. The minimum Gasteiger partial charge on any atom is -0.480 e. The predicted octanol–water partition coefficient (Wildman–Crippen LogP) is 1.62. The van der Waals surface area contributed by atoms with Crippen molar-refractivity contribution >= 4 is 11.9 Å². The lowest BCUT2D eigenvalue weighted by molar-refractivity contribution is -0.139. The summed E-state index contributed by atoms with van der Waals surface area (Å²) >= 11 is 0. The number of carbonyl (C=O) groups excluding carboxylic acids is 1. The molecule has 1 aromatic heterocycles. The van der Waals surface area contributed by atoms with Crippen LogP contribution < -0.4 is 5.32 Å². The summed E-state index contributed by atoms with van der Waals surface area (Å²) in [4.78, 5) is 26.6. The van der Waals surface area contributed by atoms with E-state index in [2.05, 4.69) is 16.9 Å². The molecule has 5 nitrogen and oxygen atoms in total. The monoisotopic (exact) mass is 248 g/mol. The minimum absolute atomic E-state index is 0.354. The predicted molar refractivity (Wildman–Crippen MR) is 67.2 cm³/mol. The quantitative estimate of drug-likeness (QED) is 0.567. The number of hydrogen-bond acceptors (Lipinski definition) is 3. The minimum atomic E-state index is -1.03. The maximum atomic E-state index is 11.8. The standard InChI is InChI=1S/C13H16N2O3/c1-2-3-4-7-11(13(17)18)15-12(16)10-6-5-8-14-9-10/h2,5-6,8-9,11H,1,3-4,7H2,(H,15,16)(H,17,18)/t11-/m1/s1. The summed E-state index contributed by atoms with van der Waals surface area (Å²) < 4.78 is 0. The summed E-state index contributed by atoms with van der Waals surface area (Å²) in [6.45, 7) is 3.57. The number of aromatic nitrogens is 1. The van der Waals surface area contributed by atoms with Crippen molar-refractivity contribution in [2.45, 2.75) is 25.3 Å². The summed E-state index contributed by atoms with van der Waals surface area (Å²) in [6, 6.07) is 2.34. The number of carbonyl (C=O) groups is 2. The molecule has 0 saturated carbocycles. The van der Waals surface area contributed by atoms with Crippen LogP contribution in [0.2, 0.25) is 0 Å². The molecule has 1 aromatic rings. The first-order chi connectivity index (χ1) is 8.65. The van der Waals surface area contributed by atoms with Crippen LogP contribution in [0.25, 0.3) is 0 Å². The Morgan fingerprint density at radius 3 is 2.89 bits per heavy atom. The Morgan fingerprint density at radius 1 is 1.56 bits per heavy atom. The topological polar surface area (TPSA) is 79.3 Å². The zero-order valence-electron chi connectivity index (χ0n) is 10.0. The van der Waals surface area contributed by atoms with Gasteiger partial charge in [-0.1, -0.05) is 6.08 Å². The summed E-state index contributed by atoms with van der Waals surface area (Å²) in [5.41, 5.74) is 0.354. The molecule has 0 fully saturated rings. The van der Waals surface area contributed by atoms with Crippen molar-refractivity contribution in [1.29, 1.82) is 0 Å². The molecule has 0 unspecified atom stereocenters.